The molecule has 2 aromatic heterocycles. The molecule has 4 aromatic rings. The van der Waals surface area contributed by atoms with E-state index in [9.17, 15) is 9.18 Å². The zero-order valence-electron chi connectivity index (χ0n) is 17.3. The average Bonchev–Trinajstić information content (AvgIpc) is 3.40. The Morgan fingerprint density at radius 1 is 1.12 bits per heavy atom. The van der Waals surface area contributed by atoms with E-state index < -0.39 is 0 Å². The van der Waals surface area contributed by atoms with Gasteiger partial charge in [-0.1, -0.05) is 35.9 Å². The Kier molecular flexibility index (Phi) is 5.22. The fourth-order valence-electron chi connectivity index (χ4n) is 3.93. The van der Waals surface area contributed by atoms with E-state index in [1.54, 1.807) is 27.8 Å². The summed E-state index contributed by atoms with van der Waals surface area (Å²) in [5, 5.41) is 13.4. The quantitative estimate of drug-likeness (QED) is 0.467. The number of amides is 1. The normalized spacial score (nSPS) is 13.3. The van der Waals surface area contributed by atoms with Crippen LogP contribution >= 0.6 is 11.6 Å². The van der Waals surface area contributed by atoms with Gasteiger partial charge >= 0.3 is 0 Å². The Morgan fingerprint density at radius 2 is 1.88 bits per heavy atom. The van der Waals surface area contributed by atoms with Crippen LogP contribution in [0.5, 0.6) is 0 Å². The van der Waals surface area contributed by atoms with Gasteiger partial charge in [0, 0.05) is 37.8 Å². The van der Waals surface area contributed by atoms with Crippen molar-refractivity contribution >= 4 is 17.5 Å². The summed E-state index contributed by atoms with van der Waals surface area (Å²) < 4.78 is 20.8. The standard InChI is InChI=1S/C23H19ClFN5O2/c1-29-19-10-11-30(20(31)12-14-6-8-15(25)9-7-14)13-17(19)21(28-29)23-27-26-22(32-23)16-4-2-3-5-18(16)24/h2-9H,10-13H2,1H3. The van der Waals surface area contributed by atoms with E-state index in [1.165, 1.54) is 12.1 Å². The van der Waals surface area contributed by atoms with Gasteiger partial charge in [0.1, 0.15) is 5.82 Å². The summed E-state index contributed by atoms with van der Waals surface area (Å²) in [6.07, 6.45) is 0.877. The van der Waals surface area contributed by atoms with Crippen molar-refractivity contribution in [3.8, 4) is 23.0 Å². The molecule has 0 atom stereocenters. The van der Waals surface area contributed by atoms with Crippen LogP contribution in [0, 0.1) is 5.82 Å². The molecule has 0 N–H and O–H groups in total. The third kappa shape index (κ3) is 3.78. The number of aromatic nitrogens is 4. The minimum atomic E-state index is -0.320. The van der Waals surface area contributed by atoms with E-state index in [1.807, 2.05) is 25.2 Å². The van der Waals surface area contributed by atoms with Gasteiger partial charge in [-0.15, -0.1) is 10.2 Å². The maximum absolute atomic E-state index is 13.2. The van der Waals surface area contributed by atoms with Crippen LogP contribution in [0.25, 0.3) is 23.0 Å². The van der Waals surface area contributed by atoms with E-state index in [-0.39, 0.29) is 24.0 Å². The molecule has 0 saturated heterocycles. The monoisotopic (exact) mass is 451 g/mol. The van der Waals surface area contributed by atoms with Crippen molar-refractivity contribution in [3.05, 3.63) is 76.2 Å². The summed E-state index contributed by atoms with van der Waals surface area (Å²) >= 11 is 6.25. The van der Waals surface area contributed by atoms with Gasteiger partial charge in [0.05, 0.1) is 17.0 Å². The Labute approximate surface area is 188 Å². The minimum absolute atomic E-state index is 0.0284. The summed E-state index contributed by atoms with van der Waals surface area (Å²) in [5.74, 6) is 0.244. The maximum Gasteiger partial charge on any atom is 0.268 e. The van der Waals surface area contributed by atoms with Gasteiger partial charge in [-0.2, -0.15) is 5.10 Å². The van der Waals surface area contributed by atoms with Crippen LogP contribution < -0.4 is 0 Å². The number of carbonyl (C=O) groups excluding carboxylic acids is 1. The van der Waals surface area contributed by atoms with Gasteiger partial charge < -0.3 is 9.32 Å². The van der Waals surface area contributed by atoms with Crippen molar-refractivity contribution in [2.24, 2.45) is 7.05 Å². The second-order valence-corrected chi connectivity index (χ2v) is 8.07. The smallest absolute Gasteiger partial charge is 0.268 e. The van der Waals surface area contributed by atoms with Gasteiger partial charge in [-0.05, 0) is 29.8 Å². The van der Waals surface area contributed by atoms with E-state index >= 15 is 0 Å². The maximum atomic E-state index is 13.2. The molecule has 9 heteroatoms. The summed E-state index contributed by atoms with van der Waals surface area (Å²) in [6, 6.07) is 13.2. The van der Waals surface area contributed by atoms with Crippen LogP contribution in [-0.2, 0) is 31.2 Å². The molecule has 0 unspecified atom stereocenters. The topological polar surface area (TPSA) is 77.1 Å². The summed E-state index contributed by atoms with van der Waals surface area (Å²) in [5.41, 5.74) is 3.90. The molecule has 32 heavy (non-hydrogen) atoms. The first-order chi connectivity index (χ1) is 15.5. The van der Waals surface area contributed by atoms with Crippen LogP contribution in [0.2, 0.25) is 5.02 Å². The Bertz CT molecular complexity index is 1300. The van der Waals surface area contributed by atoms with Crippen LogP contribution in [0.1, 0.15) is 16.8 Å². The van der Waals surface area contributed by atoms with E-state index in [2.05, 4.69) is 15.3 Å². The first-order valence-corrected chi connectivity index (χ1v) is 10.5. The van der Waals surface area contributed by atoms with Crippen molar-refractivity contribution in [1.29, 1.82) is 0 Å². The van der Waals surface area contributed by atoms with Crippen LogP contribution in [-0.4, -0.2) is 37.3 Å². The molecule has 0 radical (unpaired) electrons. The van der Waals surface area contributed by atoms with Gasteiger partial charge in [0.2, 0.25) is 11.8 Å². The Hall–Kier alpha value is -3.52. The minimum Gasteiger partial charge on any atom is -0.414 e. The molecule has 3 heterocycles. The van der Waals surface area contributed by atoms with Crippen molar-refractivity contribution in [3.63, 3.8) is 0 Å². The molecule has 7 nitrogen and oxygen atoms in total. The van der Waals surface area contributed by atoms with Crippen molar-refractivity contribution in [2.75, 3.05) is 6.54 Å². The molecule has 1 aliphatic heterocycles. The van der Waals surface area contributed by atoms with Gasteiger partial charge in [0.15, 0.2) is 5.69 Å². The number of halogens is 2. The third-order valence-electron chi connectivity index (χ3n) is 5.60. The van der Waals surface area contributed by atoms with Gasteiger partial charge in [-0.3, -0.25) is 9.48 Å². The Morgan fingerprint density at radius 3 is 2.66 bits per heavy atom. The zero-order chi connectivity index (χ0) is 22.2. The Balaban J connectivity index is 1.41. The second-order valence-electron chi connectivity index (χ2n) is 7.66. The molecule has 1 amide bonds. The number of fused-ring (bicyclic) bond motifs is 1. The average molecular weight is 452 g/mol. The number of carbonyl (C=O) groups is 1. The molecule has 0 bridgehead atoms. The SMILES string of the molecule is Cn1nc(-c2nnc(-c3ccccc3Cl)o2)c2c1CCN(C(=O)Cc1ccc(F)cc1)C2. The molecule has 0 saturated carbocycles. The molecule has 162 valence electrons. The number of rotatable bonds is 4. The number of nitrogens with zero attached hydrogens (tertiary/aromatic N) is 5. The van der Waals surface area contributed by atoms with Crippen molar-refractivity contribution < 1.29 is 13.6 Å². The summed E-state index contributed by atoms with van der Waals surface area (Å²) in [4.78, 5) is 14.7. The molecule has 5 rings (SSSR count). The molecule has 1 aliphatic rings. The lowest BCUT2D eigenvalue weighted by Gasteiger charge is -2.27. The summed E-state index contributed by atoms with van der Waals surface area (Å²) in [6.45, 7) is 0.975. The highest BCUT2D eigenvalue weighted by Gasteiger charge is 2.29. The summed E-state index contributed by atoms with van der Waals surface area (Å²) in [7, 11) is 1.86. The van der Waals surface area contributed by atoms with Crippen LogP contribution in [0.4, 0.5) is 4.39 Å². The van der Waals surface area contributed by atoms with Crippen LogP contribution in [0.3, 0.4) is 0 Å². The second kappa shape index (κ2) is 8.20. The van der Waals surface area contributed by atoms with E-state index in [0.29, 0.717) is 41.7 Å². The molecule has 0 fully saturated rings. The van der Waals surface area contributed by atoms with Crippen molar-refractivity contribution in [2.45, 2.75) is 19.4 Å². The van der Waals surface area contributed by atoms with Crippen LogP contribution in [0.15, 0.2) is 52.9 Å². The van der Waals surface area contributed by atoms with Gasteiger partial charge in [-0.25, -0.2) is 4.39 Å². The van der Waals surface area contributed by atoms with Gasteiger partial charge in [0.25, 0.3) is 5.89 Å². The van der Waals surface area contributed by atoms with Crippen molar-refractivity contribution in [1.82, 2.24) is 24.9 Å². The van der Waals surface area contributed by atoms with E-state index in [0.717, 1.165) is 16.8 Å². The predicted octanol–water partition coefficient (Wildman–Crippen LogP) is 4.06. The zero-order valence-corrected chi connectivity index (χ0v) is 18.0. The molecular formula is C23H19ClFN5O2. The fraction of sp³-hybridized carbons (Fsp3) is 0.217. The lowest BCUT2D eigenvalue weighted by Crippen LogP contribution is -2.37. The molecule has 0 spiro atoms. The predicted molar refractivity (Wildman–Crippen MR) is 116 cm³/mol. The largest absolute Gasteiger partial charge is 0.414 e. The highest BCUT2D eigenvalue weighted by Crippen LogP contribution is 2.32. The third-order valence-corrected chi connectivity index (χ3v) is 5.93. The fourth-order valence-corrected chi connectivity index (χ4v) is 4.14. The molecular weight excluding hydrogens is 433 g/mol. The number of aryl methyl sites for hydroxylation is 1. The number of hydrogen-bond donors (Lipinski definition) is 0. The highest BCUT2D eigenvalue weighted by atomic mass is 35.5. The molecule has 0 aliphatic carbocycles. The number of benzene rings is 2. The lowest BCUT2D eigenvalue weighted by atomic mass is 10.0. The first-order valence-electron chi connectivity index (χ1n) is 10.2. The number of hydrogen-bond acceptors (Lipinski definition) is 5. The first kappa shape index (κ1) is 20.4. The van der Waals surface area contributed by atoms with E-state index in [4.69, 9.17) is 16.0 Å². The molecule has 2 aromatic carbocycles. The highest BCUT2D eigenvalue weighted by molar-refractivity contribution is 6.33. The lowest BCUT2D eigenvalue weighted by molar-refractivity contribution is -0.131.